The molecule has 2 unspecified atom stereocenters. The van der Waals surface area contributed by atoms with Crippen LogP contribution in [0.25, 0.3) is 0 Å². The van der Waals surface area contributed by atoms with E-state index < -0.39 is 35.2 Å². The number of aliphatic hydroxyl groups excluding tert-OH is 1. The number of aliphatic hydroxyl groups is 1. The highest BCUT2D eigenvalue weighted by molar-refractivity contribution is 5.99. The molecule has 0 saturated heterocycles. The first-order chi connectivity index (χ1) is 18.1. The van der Waals surface area contributed by atoms with E-state index in [0.717, 1.165) is 6.07 Å². The molecular weight excluding hydrogens is 505 g/mol. The maximum atomic E-state index is 13.4. The summed E-state index contributed by atoms with van der Waals surface area (Å²) in [7, 11) is 1.27. The number of carbonyl (C=O) groups excluding carboxylic acids is 2. The third-order valence-electron chi connectivity index (χ3n) is 6.20. The molecule has 1 fully saturated rings. The Hall–Kier alpha value is -4.19. The summed E-state index contributed by atoms with van der Waals surface area (Å²) in [6.07, 6.45) is -0.814. The highest BCUT2D eigenvalue weighted by Gasteiger charge is 2.46. The lowest BCUT2D eigenvalue weighted by molar-refractivity contribution is -0.138. The number of amides is 2. The van der Waals surface area contributed by atoms with Crippen LogP contribution in [0.1, 0.15) is 40.7 Å². The van der Waals surface area contributed by atoms with Gasteiger partial charge in [0.1, 0.15) is 34.7 Å². The molecule has 0 spiro atoms. The van der Waals surface area contributed by atoms with Gasteiger partial charge in [0, 0.05) is 25.4 Å². The number of rotatable bonds is 8. The predicted octanol–water partition coefficient (Wildman–Crippen LogP) is 3.63. The van der Waals surface area contributed by atoms with Gasteiger partial charge in [-0.25, -0.2) is 9.97 Å². The fraction of sp³-hybridized carbons (Fsp3) is 0.308. The third-order valence-corrected chi connectivity index (χ3v) is 6.20. The average Bonchev–Trinajstić information content (AvgIpc) is 3.29. The molecule has 1 heterocycles. The van der Waals surface area contributed by atoms with Crippen LogP contribution < -0.4 is 20.1 Å². The molecule has 1 aromatic heterocycles. The van der Waals surface area contributed by atoms with Crippen molar-refractivity contribution in [2.24, 2.45) is 0 Å². The molecular formula is C26H25F3N4O5. The number of aromatic nitrogens is 2. The molecule has 4 rings (SSSR count). The van der Waals surface area contributed by atoms with Gasteiger partial charge < -0.3 is 25.2 Å². The van der Waals surface area contributed by atoms with Crippen LogP contribution >= 0.6 is 0 Å². The summed E-state index contributed by atoms with van der Waals surface area (Å²) in [4.78, 5) is 33.4. The second-order valence-corrected chi connectivity index (χ2v) is 8.85. The molecule has 0 aliphatic heterocycles. The molecule has 200 valence electrons. The molecule has 12 heteroatoms. The standard InChI is InChI=1S/C26H25F3N4O5/c1-37-20-6-7-22(21(10-20)26(27,28)29)38-19-4-2-16(3-5-19)12-32-24(36)25(9-8-18(34)11-25)33-23(35)17-13-30-15-31-14-17/h2-7,10,13-15,18,34H,8-9,11-12H2,1H3,(H,32,36)(H,33,35). The van der Waals surface area contributed by atoms with Gasteiger partial charge in [-0.3, -0.25) is 9.59 Å². The van der Waals surface area contributed by atoms with Gasteiger partial charge >= 0.3 is 6.18 Å². The number of hydrogen-bond donors (Lipinski definition) is 3. The van der Waals surface area contributed by atoms with E-state index >= 15 is 0 Å². The molecule has 1 saturated carbocycles. The van der Waals surface area contributed by atoms with Gasteiger partial charge in [0.15, 0.2) is 0 Å². The van der Waals surface area contributed by atoms with E-state index in [-0.39, 0.29) is 42.2 Å². The minimum atomic E-state index is -4.64. The van der Waals surface area contributed by atoms with Gasteiger partial charge in [0.05, 0.1) is 18.8 Å². The number of benzene rings is 2. The second kappa shape index (κ2) is 11.1. The Morgan fingerprint density at radius 2 is 1.79 bits per heavy atom. The van der Waals surface area contributed by atoms with E-state index in [2.05, 4.69) is 20.6 Å². The van der Waals surface area contributed by atoms with Crippen LogP contribution in [-0.2, 0) is 17.5 Å². The second-order valence-electron chi connectivity index (χ2n) is 8.85. The SMILES string of the molecule is COc1ccc(Oc2ccc(CNC(=O)C3(NC(=O)c4cncnc4)CCC(O)C3)cc2)c(C(F)(F)F)c1. The van der Waals surface area contributed by atoms with E-state index in [1.165, 1.54) is 50.1 Å². The summed E-state index contributed by atoms with van der Waals surface area (Å²) < 4.78 is 50.7. The van der Waals surface area contributed by atoms with Crippen molar-refractivity contribution in [3.63, 3.8) is 0 Å². The molecule has 1 aliphatic carbocycles. The Kier molecular flexibility index (Phi) is 7.81. The third kappa shape index (κ3) is 6.20. The number of ether oxygens (including phenoxy) is 2. The van der Waals surface area contributed by atoms with Crippen LogP contribution in [0.15, 0.2) is 61.2 Å². The van der Waals surface area contributed by atoms with E-state index in [4.69, 9.17) is 9.47 Å². The molecule has 2 atom stereocenters. The largest absolute Gasteiger partial charge is 0.497 e. The smallest absolute Gasteiger partial charge is 0.420 e. The number of carbonyl (C=O) groups is 2. The lowest BCUT2D eigenvalue weighted by Crippen LogP contribution is -2.57. The lowest BCUT2D eigenvalue weighted by Gasteiger charge is -2.29. The maximum absolute atomic E-state index is 13.4. The molecule has 3 aromatic rings. The zero-order valence-corrected chi connectivity index (χ0v) is 20.3. The van der Waals surface area contributed by atoms with Crippen molar-refractivity contribution in [1.29, 1.82) is 0 Å². The zero-order chi connectivity index (χ0) is 27.3. The van der Waals surface area contributed by atoms with Crippen molar-refractivity contribution < 1.29 is 37.3 Å². The summed E-state index contributed by atoms with van der Waals surface area (Å²) in [6.45, 7) is 0.0810. The number of nitrogens with zero attached hydrogens (tertiary/aromatic N) is 2. The van der Waals surface area contributed by atoms with Gasteiger partial charge in [-0.1, -0.05) is 12.1 Å². The van der Waals surface area contributed by atoms with Crippen LogP contribution in [0, 0.1) is 0 Å². The summed E-state index contributed by atoms with van der Waals surface area (Å²) in [5.41, 5.74) is -1.45. The van der Waals surface area contributed by atoms with Crippen LogP contribution in [-0.4, -0.2) is 45.6 Å². The van der Waals surface area contributed by atoms with Crippen LogP contribution in [0.3, 0.4) is 0 Å². The first-order valence-corrected chi connectivity index (χ1v) is 11.7. The van der Waals surface area contributed by atoms with E-state index in [1.54, 1.807) is 12.1 Å². The normalized spacial score (nSPS) is 19.0. The van der Waals surface area contributed by atoms with Crippen molar-refractivity contribution in [2.75, 3.05) is 7.11 Å². The monoisotopic (exact) mass is 530 g/mol. The van der Waals surface area contributed by atoms with Gasteiger partial charge in [-0.15, -0.1) is 0 Å². The molecule has 38 heavy (non-hydrogen) atoms. The predicted molar refractivity (Wildman–Crippen MR) is 128 cm³/mol. The molecule has 2 aromatic carbocycles. The van der Waals surface area contributed by atoms with E-state index in [1.807, 2.05) is 0 Å². The fourth-order valence-corrected chi connectivity index (χ4v) is 4.20. The Balaban J connectivity index is 1.42. The van der Waals surface area contributed by atoms with Crippen molar-refractivity contribution in [2.45, 2.75) is 43.6 Å². The molecule has 0 radical (unpaired) electrons. The summed E-state index contributed by atoms with van der Waals surface area (Å²) in [5, 5.41) is 15.6. The molecule has 0 bridgehead atoms. The topological polar surface area (TPSA) is 123 Å². The zero-order valence-electron chi connectivity index (χ0n) is 20.3. The Labute approximate surface area is 216 Å². The lowest BCUT2D eigenvalue weighted by atomic mass is 9.95. The van der Waals surface area contributed by atoms with E-state index in [0.29, 0.717) is 12.0 Å². The van der Waals surface area contributed by atoms with Gasteiger partial charge in [-0.2, -0.15) is 13.2 Å². The molecule has 1 aliphatic rings. The molecule has 9 nitrogen and oxygen atoms in total. The molecule has 3 N–H and O–H groups in total. The Bertz CT molecular complexity index is 1290. The quantitative estimate of drug-likeness (QED) is 0.407. The Morgan fingerprint density at radius 3 is 2.39 bits per heavy atom. The minimum Gasteiger partial charge on any atom is -0.497 e. The summed E-state index contributed by atoms with van der Waals surface area (Å²) in [6, 6.07) is 9.58. The van der Waals surface area contributed by atoms with Crippen molar-refractivity contribution in [3.05, 3.63) is 77.9 Å². The average molecular weight is 531 g/mol. The fourth-order valence-electron chi connectivity index (χ4n) is 4.20. The van der Waals surface area contributed by atoms with Crippen molar-refractivity contribution in [1.82, 2.24) is 20.6 Å². The van der Waals surface area contributed by atoms with Crippen LogP contribution in [0.2, 0.25) is 0 Å². The number of nitrogens with one attached hydrogen (secondary N) is 2. The van der Waals surface area contributed by atoms with Crippen LogP contribution in [0.4, 0.5) is 13.2 Å². The first-order valence-electron chi connectivity index (χ1n) is 11.7. The highest BCUT2D eigenvalue weighted by Crippen LogP contribution is 2.40. The van der Waals surface area contributed by atoms with Gasteiger partial charge in [-0.05, 0) is 48.7 Å². The van der Waals surface area contributed by atoms with Crippen LogP contribution in [0.5, 0.6) is 17.2 Å². The number of hydrogen-bond acceptors (Lipinski definition) is 7. The maximum Gasteiger partial charge on any atom is 0.420 e. The van der Waals surface area contributed by atoms with Crippen molar-refractivity contribution in [3.8, 4) is 17.2 Å². The van der Waals surface area contributed by atoms with Gasteiger partial charge in [0.2, 0.25) is 5.91 Å². The number of halogens is 3. The van der Waals surface area contributed by atoms with Gasteiger partial charge in [0.25, 0.3) is 5.91 Å². The first kappa shape index (κ1) is 26.9. The Morgan fingerprint density at radius 1 is 1.11 bits per heavy atom. The molecule has 2 amide bonds. The van der Waals surface area contributed by atoms with E-state index in [9.17, 15) is 27.9 Å². The number of alkyl halides is 3. The summed E-state index contributed by atoms with van der Waals surface area (Å²) >= 11 is 0. The summed E-state index contributed by atoms with van der Waals surface area (Å²) in [5.74, 6) is -1.15. The number of methoxy groups -OCH3 is 1. The minimum absolute atomic E-state index is 0.0500. The highest BCUT2D eigenvalue weighted by atomic mass is 19.4. The van der Waals surface area contributed by atoms with Crippen molar-refractivity contribution >= 4 is 11.8 Å².